The molecule has 3 N–H and O–H groups in total. The number of benzene rings is 1. The first-order valence-corrected chi connectivity index (χ1v) is 7.30. The van der Waals surface area contributed by atoms with Crippen molar-refractivity contribution in [3.8, 4) is 0 Å². The number of morpholine rings is 1. The van der Waals surface area contributed by atoms with Crippen molar-refractivity contribution < 1.29 is 19.4 Å². The smallest absolute Gasteiger partial charge is 0.252 e. The maximum absolute atomic E-state index is 12.4. The number of aliphatic hydroxyl groups is 1. The van der Waals surface area contributed by atoms with Crippen molar-refractivity contribution in [3.05, 3.63) is 34.9 Å². The Balaban J connectivity index is 2.26. The van der Waals surface area contributed by atoms with Crippen LogP contribution in [0.2, 0.25) is 5.02 Å². The van der Waals surface area contributed by atoms with Gasteiger partial charge in [0, 0.05) is 5.02 Å². The molecule has 2 rings (SSSR count). The summed E-state index contributed by atoms with van der Waals surface area (Å²) in [7, 11) is 0. The fourth-order valence-electron chi connectivity index (χ4n) is 2.19. The lowest BCUT2D eigenvalue weighted by molar-refractivity contribution is -0.149. The second kappa shape index (κ2) is 6.64. The number of hydrogen-bond acceptors (Lipinski definition) is 4. The zero-order valence-corrected chi connectivity index (χ0v) is 13.2. The van der Waals surface area contributed by atoms with E-state index < -0.39 is 23.6 Å². The van der Waals surface area contributed by atoms with Gasteiger partial charge in [-0.2, -0.15) is 0 Å². The molecule has 120 valence electrons. The fourth-order valence-corrected chi connectivity index (χ4v) is 2.45. The van der Waals surface area contributed by atoms with E-state index in [4.69, 9.17) is 16.3 Å². The maximum Gasteiger partial charge on any atom is 0.252 e. The first-order chi connectivity index (χ1) is 10.3. The Hall–Kier alpha value is -1.63. The normalized spacial score (nSPS) is 22.1. The second-order valence-electron chi connectivity index (χ2n) is 5.83. The van der Waals surface area contributed by atoms with E-state index in [0.717, 1.165) is 0 Å². The molecule has 1 heterocycles. The van der Waals surface area contributed by atoms with Crippen LogP contribution < -0.4 is 10.6 Å². The zero-order chi connectivity index (χ0) is 16.3. The largest absolute Gasteiger partial charge is 0.394 e. The van der Waals surface area contributed by atoms with Gasteiger partial charge < -0.3 is 20.5 Å². The van der Waals surface area contributed by atoms with E-state index in [0.29, 0.717) is 10.6 Å². The number of nitrogens with one attached hydrogen (secondary N) is 2. The van der Waals surface area contributed by atoms with Crippen molar-refractivity contribution >= 4 is 23.4 Å². The quantitative estimate of drug-likeness (QED) is 0.763. The number of carbonyl (C=O) groups excluding carboxylic acids is 2. The minimum atomic E-state index is -0.913. The van der Waals surface area contributed by atoms with Gasteiger partial charge in [-0.3, -0.25) is 9.59 Å². The molecule has 22 heavy (non-hydrogen) atoms. The fraction of sp³-hybridized carbons (Fsp3) is 0.467. The molecule has 1 saturated heterocycles. The van der Waals surface area contributed by atoms with Crippen molar-refractivity contribution in [3.63, 3.8) is 0 Å². The summed E-state index contributed by atoms with van der Waals surface area (Å²) in [4.78, 5) is 24.0. The van der Waals surface area contributed by atoms with Gasteiger partial charge in [0.2, 0.25) is 5.91 Å². The molecule has 1 aliphatic rings. The Morgan fingerprint density at radius 1 is 1.50 bits per heavy atom. The van der Waals surface area contributed by atoms with Gasteiger partial charge in [-0.1, -0.05) is 29.8 Å². The highest BCUT2D eigenvalue weighted by Gasteiger charge is 2.38. The highest BCUT2D eigenvalue weighted by atomic mass is 35.5. The summed E-state index contributed by atoms with van der Waals surface area (Å²) >= 11 is 6.16. The summed E-state index contributed by atoms with van der Waals surface area (Å²) < 4.78 is 5.40. The van der Waals surface area contributed by atoms with Gasteiger partial charge in [0.25, 0.3) is 5.91 Å². The molecule has 2 atom stereocenters. The molecule has 0 aliphatic carbocycles. The SMILES string of the molecule is CC(C)(CO)NC(=O)[C@H]1OCC(=O)N[C@@H]1c1ccccc1Cl. The number of aliphatic hydroxyl groups excluding tert-OH is 1. The Labute approximate surface area is 133 Å². The Bertz CT molecular complexity index is 576. The average Bonchev–Trinajstić information content (AvgIpc) is 2.47. The van der Waals surface area contributed by atoms with Gasteiger partial charge >= 0.3 is 0 Å². The summed E-state index contributed by atoms with van der Waals surface area (Å²) in [6.45, 7) is 2.97. The third kappa shape index (κ3) is 3.76. The van der Waals surface area contributed by atoms with Crippen LogP contribution in [-0.2, 0) is 14.3 Å². The molecule has 7 heteroatoms. The van der Waals surface area contributed by atoms with Crippen LogP contribution in [-0.4, -0.2) is 41.8 Å². The molecule has 0 unspecified atom stereocenters. The zero-order valence-electron chi connectivity index (χ0n) is 12.4. The predicted octanol–water partition coefficient (Wildman–Crippen LogP) is 0.783. The van der Waals surface area contributed by atoms with Crippen molar-refractivity contribution in [2.24, 2.45) is 0 Å². The topological polar surface area (TPSA) is 87.7 Å². The standard InChI is InChI=1S/C15H19ClN2O4/c1-15(2,8-19)18-14(21)13-12(17-11(20)7-22-13)9-5-3-4-6-10(9)16/h3-6,12-13,19H,7-8H2,1-2H3,(H,17,20)(H,18,21)/t12-,13+/m1/s1. The highest BCUT2D eigenvalue weighted by Crippen LogP contribution is 2.28. The van der Waals surface area contributed by atoms with Crippen LogP contribution in [0.3, 0.4) is 0 Å². The van der Waals surface area contributed by atoms with Crippen molar-refractivity contribution in [1.29, 1.82) is 0 Å². The lowest BCUT2D eigenvalue weighted by Gasteiger charge is -2.34. The van der Waals surface area contributed by atoms with Crippen molar-refractivity contribution in [2.75, 3.05) is 13.2 Å². The van der Waals surface area contributed by atoms with Crippen LogP contribution in [0.5, 0.6) is 0 Å². The van der Waals surface area contributed by atoms with E-state index in [1.807, 2.05) is 0 Å². The van der Waals surface area contributed by atoms with E-state index in [1.54, 1.807) is 38.1 Å². The molecule has 0 aromatic heterocycles. The molecule has 2 amide bonds. The first kappa shape index (κ1) is 16.7. The van der Waals surface area contributed by atoms with E-state index in [1.165, 1.54) is 0 Å². The monoisotopic (exact) mass is 326 g/mol. The lowest BCUT2D eigenvalue weighted by atomic mass is 9.97. The van der Waals surface area contributed by atoms with Crippen molar-refractivity contribution in [2.45, 2.75) is 31.5 Å². The second-order valence-corrected chi connectivity index (χ2v) is 6.24. The molecule has 1 aliphatic heterocycles. The van der Waals surface area contributed by atoms with E-state index >= 15 is 0 Å². The van der Waals surface area contributed by atoms with E-state index in [2.05, 4.69) is 10.6 Å². The minimum absolute atomic E-state index is 0.196. The Kier molecular flexibility index (Phi) is 5.05. The Morgan fingerprint density at radius 2 is 2.18 bits per heavy atom. The molecule has 0 bridgehead atoms. The lowest BCUT2D eigenvalue weighted by Crippen LogP contribution is -2.57. The first-order valence-electron chi connectivity index (χ1n) is 6.92. The number of halogens is 1. The molecular formula is C15H19ClN2O4. The summed E-state index contributed by atoms with van der Waals surface area (Å²) in [6, 6.07) is 6.28. The van der Waals surface area contributed by atoms with E-state index in [9.17, 15) is 14.7 Å². The van der Waals surface area contributed by atoms with Crippen LogP contribution in [0.1, 0.15) is 25.5 Å². The molecule has 0 spiro atoms. The average molecular weight is 327 g/mol. The maximum atomic E-state index is 12.4. The summed E-state index contributed by atoms with van der Waals surface area (Å²) in [5.74, 6) is -0.723. The number of hydrogen-bond donors (Lipinski definition) is 3. The van der Waals surface area contributed by atoms with Gasteiger partial charge in [0.15, 0.2) is 6.10 Å². The Morgan fingerprint density at radius 3 is 2.82 bits per heavy atom. The minimum Gasteiger partial charge on any atom is -0.394 e. The predicted molar refractivity (Wildman–Crippen MR) is 81.4 cm³/mol. The highest BCUT2D eigenvalue weighted by molar-refractivity contribution is 6.31. The molecule has 1 aromatic carbocycles. The molecule has 1 fully saturated rings. The van der Waals surface area contributed by atoms with Gasteiger partial charge in [-0.25, -0.2) is 0 Å². The summed E-state index contributed by atoms with van der Waals surface area (Å²) in [5, 5.41) is 15.1. The molecule has 1 aromatic rings. The summed E-state index contributed by atoms with van der Waals surface area (Å²) in [6.07, 6.45) is -0.913. The van der Waals surface area contributed by atoms with Crippen LogP contribution in [0.15, 0.2) is 24.3 Å². The third-order valence-corrected chi connectivity index (χ3v) is 3.71. The number of carbonyl (C=O) groups is 2. The van der Waals surface area contributed by atoms with Crippen LogP contribution in [0.25, 0.3) is 0 Å². The van der Waals surface area contributed by atoms with Crippen LogP contribution in [0.4, 0.5) is 0 Å². The molecule has 6 nitrogen and oxygen atoms in total. The summed E-state index contributed by atoms with van der Waals surface area (Å²) in [5.41, 5.74) is -0.174. The van der Waals surface area contributed by atoms with Gasteiger partial charge in [-0.05, 0) is 25.5 Å². The van der Waals surface area contributed by atoms with E-state index in [-0.39, 0.29) is 19.1 Å². The molecular weight excluding hydrogens is 308 g/mol. The van der Waals surface area contributed by atoms with Gasteiger partial charge in [0.05, 0.1) is 18.2 Å². The van der Waals surface area contributed by atoms with Crippen LogP contribution >= 0.6 is 11.6 Å². The number of ether oxygens (including phenoxy) is 1. The molecule has 0 radical (unpaired) electrons. The number of amides is 2. The van der Waals surface area contributed by atoms with Crippen molar-refractivity contribution in [1.82, 2.24) is 10.6 Å². The van der Waals surface area contributed by atoms with Gasteiger partial charge in [0.1, 0.15) is 6.61 Å². The van der Waals surface area contributed by atoms with Crippen LogP contribution in [0, 0.1) is 0 Å². The third-order valence-electron chi connectivity index (χ3n) is 3.37. The molecule has 0 saturated carbocycles. The number of rotatable bonds is 4. The van der Waals surface area contributed by atoms with Gasteiger partial charge in [-0.15, -0.1) is 0 Å².